The molecule has 0 bridgehead atoms. The van der Waals surface area contributed by atoms with E-state index in [0.29, 0.717) is 5.56 Å². The molecule has 1 rings (SSSR count). The summed E-state index contributed by atoms with van der Waals surface area (Å²) in [7, 11) is 0. The first-order chi connectivity index (χ1) is 8.10. The highest BCUT2D eigenvalue weighted by atomic mass is 79.9. The molecule has 0 aromatic heterocycles. The van der Waals surface area contributed by atoms with Crippen LogP contribution >= 0.6 is 15.9 Å². The minimum atomic E-state index is -0.701. The van der Waals surface area contributed by atoms with Crippen LogP contribution in [0.3, 0.4) is 0 Å². The van der Waals surface area contributed by atoms with Gasteiger partial charge in [0.15, 0.2) is 0 Å². The van der Waals surface area contributed by atoms with E-state index in [9.17, 15) is 9.50 Å². The van der Waals surface area contributed by atoms with Crippen molar-refractivity contribution >= 4 is 15.9 Å². The molecule has 0 spiro atoms. The molecule has 0 heterocycles. The smallest absolute Gasteiger partial charge is 0.129 e. The van der Waals surface area contributed by atoms with E-state index in [4.69, 9.17) is 0 Å². The minimum Gasteiger partial charge on any atom is -0.388 e. The van der Waals surface area contributed by atoms with Crippen LogP contribution in [0.1, 0.15) is 51.2 Å². The summed E-state index contributed by atoms with van der Waals surface area (Å²) in [5, 5.41) is 10.3. The van der Waals surface area contributed by atoms with Gasteiger partial charge in [-0.05, 0) is 37.0 Å². The van der Waals surface area contributed by atoms with Crippen molar-refractivity contribution in [2.75, 3.05) is 0 Å². The largest absolute Gasteiger partial charge is 0.388 e. The molecule has 3 heteroatoms. The Labute approximate surface area is 111 Å². The summed E-state index contributed by atoms with van der Waals surface area (Å²) in [4.78, 5) is 0. The van der Waals surface area contributed by atoms with E-state index in [1.165, 1.54) is 6.07 Å². The summed E-state index contributed by atoms with van der Waals surface area (Å²) in [5.41, 5.74) is 0.409. The highest BCUT2D eigenvalue weighted by molar-refractivity contribution is 9.10. The van der Waals surface area contributed by atoms with Crippen LogP contribution in [0.5, 0.6) is 0 Å². The molecule has 1 nitrogen and oxygen atoms in total. The molecule has 1 unspecified atom stereocenters. The Balaban J connectivity index is 2.91. The van der Waals surface area contributed by atoms with Gasteiger partial charge in [-0.25, -0.2) is 4.39 Å². The zero-order valence-electron chi connectivity index (χ0n) is 10.4. The maximum absolute atomic E-state index is 13.7. The van der Waals surface area contributed by atoms with Crippen LogP contribution in [0.15, 0.2) is 22.7 Å². The van der Waals surface area contributed by atoms with Crippen LogP contribution in [0.2, 0.25) is 0 Å². The third kappa shape index (κ3) is 4.07. The van der Waals surface area contributed by atoms with Gasteiger partial charge in [-0.15, -0.1) is 0 Å². The lowest BCUT2D eigenvalue weighted by atomic mass is 9.88. The van der Waals surface area contributed by atoms with Crippen LogP contribution in [0.25, 0.3) is 0 Å². The molecular weight excluding hydrogens is 283 g/mol. The van der Waals surface area contributed by atoms with Crippen LogP contribution in [0, 0.1) is 11.7 Å². The van der Waals surface area contributed by atoms with Crippen LogP contribution in [-0.4, -0.2) is 5.11 Å². The molecule has 0 aliphatic rings. The fourth-order valence-electron chi connectivity index (χ4n) is 2.20. The molecule has 1 N–H and O–H groups in total. The zero-order chi connectivity index (χ0) is 12.8. The van der Waals surface area contributed by atoms with Gasteiger partial charge in [0.25, 0.3) is 0 Å². The second-order valence-corrected chi connectivity index (χ2v) is 5.36. The first-order valence-corrected chi connectivity index (χ1v) is 7.02. The first-order valence-electron chi connectivity index (χ1n) is 6.23. The number of hydrogen-bond acceptors (Lipinski definition) is 1. The molecule has 1 atom stereocenters. The van der Waals surface area contributed by atoms with Crippen molar-refractivity contribution in [2.24, 2.45) is 5.92 Å². The van der Waals surface area contributed by atoms with E-state index in [1.807, 2.05) is 0 Å². The highest BCUT2D eigenvalue weighted by Gasteiger charge is 2.22. The van der Waals surface area contributed by atoms with Gasteiger partial charge in [-0.3, -0.25) is 0 Å². The van der Waals surface area contributed by atoms with Crippen molar-refractivity contribution in [3.63, 3.8) is 0 Å². The van der Waals surface area contributed by atoms with E-state index in [0.717, 1.165) is 30.2 Å². The zero-order valence-corrected chi connectivity index (χ0v) is 12.0. The van der Waals surface area contributed by atoms with Crippen molar-refractivity contribution in [1.82, 2.24) is 0 Å². The lowest BCUT2D eigenvalue weighted by Gasteiger charge is -2.23. The maximum Gasteiger partial charge on any atom is 0.129 e. The third-order valence-electron chi connectivity index (χ3n) is 3.04. The topological polar surface area (TPSA) is 20.2 Å². The summed E-state index contributed by atoms with van der Waals surface area (Å²) in [5.74, 6) is -0.174. The standard InChI is InChI=1S/C14H20BrFO/c1-3-5-10(6-4-2)14(17)12-9-11(15)7-8-13(12)16/h7-10,14,17H,3-6H2,1-2H3. The maximum atomic E-state index is 13.7. The Morgan fingerprint density at radius 2 is 1.82 bits per heavy atom. The quantitative estimate of drug-likeness (QED) is 0.797. The Bertz CT molecular complexity index is 348. The first kappa shape index (κ1) is 14.7. The summed E-state index contributed by atoms with van der Waals surface area (Å²) in [6, 6.07) is 4.73. The number of rotatable bonds is 6. The molecule has 17 heavy (non-hydrogen) atoms. The van der Waals surface area contributed by atoms with Gasteiger partial charge in [0.1, 0.15) is 5.82 Å². The number of aliphatic hydroxyl groups excluding tert-OH is 1. The van der Waals surface area contributed by atoms with E-state index in [2.05, 4.69) is 29.8 Å². The molecule has 96 valence electrons. The number of benzene rings is 1. The number of halogens is 2. The normalized spacial score (nSPS) is 13.1. The van der Waals surface area contributed by atoms with Gasteiger partial charge in [0, 0.05) is 10.0 Å². The third-order valence-corrected chi connectivity index (χ3v) is 3.54. The van der Waals surface area contributed by atoms with E-state index < -0.39 is 6.10 Å². The molecular formula is C14H20BrFO. The summed E-state index contributed by atoms with van der Waals surface area (Å²) >= 11 is 3.31. The average molecular weight is 303 g/mol. The number of aliphatic hydroxyl groups is 1. The summed E-state index contributed by atoms with van der Waals surface area (Å²) in [6.07, 6.45) is 3.18. The monoisotopic (exact) mass is 302 g/mol. The number of hydrogen-bond donors (Lipinski definition) is 1. The molecule has 0 saturated heterocycles. The van der Waals surface area contributed by atoms with Gasteiger partial charge < -0.3 is 5.11 Å². The molecule has 0 fully saturated rings. The fourth-order valence-corrected chi connectivity index (χ4v) is 2.58. The van der Waals surface area contributed by atoms with Gasteiger partial charge in [-0.2, -0.15) is 0 Å². The van der Waals surface area contributed by atoms with Crippen molar-refractivity contribution in [1.29, 1.82) is 0 Å². The lowest BCUT2D eigenvalue weighted by Crippen LogP contribution is -2.14. The highest BCUT2D eigenvalue weighted by Crippen LogP contribution is 2.32. The molecule has 1 aromatic carbocycles. The summed E-state index contributed by atoms with van der Waals surface area (Å²) < 4.78 is 14.5. The molecule has 0 radical (unpaired) electrons. The van der Waals surface area contributed by atoms with Crippen molar-refractivity contribution in [3.8, 4) is 0 Å². The van der Waals surface area contributed by atoms with E-state index in [1.54, 1.807) is 12.1 Å². The molecule has 0 saturated carbocycles. The second kappa shape index (κ2) is 7.12. The van der Waals surface area contributed by atoms with Crippen molar-refractivity contribution in [3.05, 3.63) is 34.1 Å². The van der Waals surface area contributed by atoms with Gasteiger partial charge in [-0.1, -0.05) is 42.6 Å². The predicted octanol–water partition coefficient (Wildman–Crippen LogP) is 4.84. The van der Waals surface area contributed by atoms with Crippen molar-refractivity contribution < 1.29 is 9.50 Å². The van der Waals surface area contributed by atoms with Gasteiger partial charge in [0.2, 0.25) is 0 Å². The SMILES string of the molecule is CCCC(CCC)C(O)c1cc(Br)ccc1F. The fraction of sp³-hybridized carbons (Fsp3) is 0.571. The van der Waals surface area contributed by atoms with E-state index >= 15 is 0 Å². The lowest BCUT2D eigenvalue weighted by molar-refractivity contribution is 0.0929. The Kier molecular flexibility index (Phi) is 6.14. The van der Waals surface area contributed by atoms with Gasteiger partial charge >= 0.3 is 0 Å². The van der Waals surface area contributed by atoms with Crippen LogP contribution in [-0.2, 0) is 0 Å². The second-order valence-electron chi connectivity index (χ2n) is 4.45. The molecule has 0 amide bonds. The molecule has 1 aromatic rings. The minimum absolute atomic E-state index is 0.147. The summed E-state index contributed by atoms with van der Waals surface area (Å²) in [6.45, 7) is 4.18. The Morgan fingerprint density at radius 3 is 2.35 bits per heavy atom. The molecule has 0 aliphatic carbocycles. The Hall–Kier alpha value is -0.410. The van der Waals surface area contributed by atoms with Gasteiger partial charge in [0.05, 0.1) is 6.10 Å². The molecule has 0 aliphatic heterocycles. The predicted molar refractivity (Wildman–Crippen MR) is 72.4 cm³/mol. The van der Waals surface area contributed by atoms with Crippen LogP contribution in [0.4, 0.5) is 4.39 Å². The Morgan fingerprint density at radius 1 is 1.24 bits per heavy atom. The van der Waals surface area contributed by atoms with Crippen molar-refractivity contribution in [2.45, 2.75) is 45.6 Å². The average Bonchev–Trinajstić information content (AvgIpc) is 2.31. The van der Waals surface area contributed by atoms with E-state index in [-0.39, 0.29) is 11.7 Å². The van der Waals surface area contributed by atoms with Crippen LogP contribution < -0.4 is 0 Å².